The number of aromatic nitrogens is 2. The molecule has 2 N–H and O–H groups in total. The molecule has 3 heteroatoms. The van der Waals surface area contributed by atoms with Crippen LogP contribution in [0.4, 0.5) is 0 Å². The summed E-state index contributed by atoms with van der Waals surface area (Å²) in [6.07, 6.45) is 0. The summed E-state index contributed by atoms with van der Waals surface area (Å²) >= 11 is 0. The lowest BCUT2D eigenvalue weighted by Gasteiger charge is -2.21. The van der Waals surface area contributed by atoms with E-state index in [9.17, 15) is 5.11 Å². The Morgan fingerprint density at radius 2 is 1.83 bits per heavy atom. The lowest BCUT2D eigenvalue weighted by molar-refractivity contribution is 0.218. The van der Waals surface area contributed by atoms with Crippen molar-refractivity contribution < 1.29 is 5.11 Å². The molecule has 0 unspecified atom stereocenters. The van der Waals surface area contributed by atoms with Gasteiger partial charge in [0.25, 0.3) is 0 Å². The highest BCUT2D eigenvalue weighted by Crippen LogP contribution is 2.27. The Labute approximate surface area is 108 Å². The number of hydrogen-bond acceptors (Lipinski definition) is 2. The number of hydrogen-bond donors (Lipinski definition) is 2. The Kier molecular flexibility index (Phi) is 2.98. The number of benzene rings is 1. The molecule has 18 heavy (non-hydrogen) atoms. The maximum atomic E-state index is 9.43. The molecule has 0 radical (unpaired) electrons. The zero-order chi connectivity index (χ0) is 13.6. The average molecular weight is 246 g/mol. The Morgan fingerprint density at radius 1 is 1.17 bits per heavy atom. The van der Waals surface area contributed by atoms with Gasteiger partial charge in [0.1, 0.15) is 5.82 Å². The summed E-state index contributed by atoms with van der Waals surface area (Å²) < 4.78 is 0. The largest absolute Gasteiger partial charge is 0.395 e. The number of H-pyrrole nitrogens is 1. The molecule has 1 heterocycles. The minimum absolute atomic E-state index is 0.0195. The molecule has 0 saturated heterocycles. The third kappa shape index (κ3) is 2.27. The van der Waals surface area contributed by atoms with Crippen molar-refractivity contribution in [2.24, 2.45) is 0 Å². The lowest BCUT2D eigenvalue weighted by atomic mass is 9.85. The van der Waals surface area contributed by atoms with Gasteiger partial charge in [-0.15, -0.1) is 0 Å². The van der Waals surface area contributed by atoms with Gasteiger partial charge in [0.05, 0.1) is 17.6 Å². The molecule has 0 amide bonds. The zero-order valence-electron chi connectivity index (χ0n) is 11.8. The molecule has 0 fully saturated rings. The summed E-state index contributed by atoms with van der Waals surface area (Å²) in [5.41, 5.74) is 2.95. The molecule has 0 bridgehead atoms. The molecule has 1 aromatic carbocycles. The maximum absolute atomic E-state index is 9.43. The van der Waals surface area contributed by atoms with Gasteiger partial charge in [-0.05, 0) is 17.7 Å². The van der Waals surface area contributed by atoms with E-state index in [1.54, 1.807) is 0 Å². The molecule has 98 valence electrons. The van der Waals surface area contributed by atoms with Crippen LogP contribution in [0.5, 0.6) is 0 Å². The zero-order valence-corrected chi connectivity index (χ0v) is 11.8. The lowest BCUT2D eigenvalue weighted by Crippen LogP contribution is -2.21. The van der Waals surface area contributed by atoms with E-state index in [0.717, 1.165) is 22.4 Å². The number of nitrogens with one attached hydrogen (secondary N) is 1. The Morgan fingerprint density at radius 3 is 2.39 bits per heavy atom. The van der Waals surface area contributed by atoms with Crippen LogP contribution < -0.4 is 0 Å². The topological polar surface area (TPSA) is 48.9 Å². The van der Waals surface area contributed by atoms with E-state index in [0.29, 0.717) is 0 Å². The summed E-state index contributed by atoms with van der Waals surface area (Å²) in [6.45, 7) is 10.6. The Hall–Kier alpha value is -1.35. The third-order valence-electron chi connectivity index (χ3n) is 3.37. The average Bonchev–Trinajstić information content (AvgIpc) is 2.71. The van der Waals surface area contributed by atoms with Crippen molar-refractivity contribution in [2.75, 3.05) is 6.61 Å². The van der Waals surface area contributed by atoms with E-state index in [-0.39, 0.29) is 17.4 Å². The number of imidazole rings is 1. The molecule has 3 nitrogen and oxygen atoms in total. The van der Waals surface area contributed by atoms with Gasteiger partial charge in [0, 0.05) is 10.8 Å². The molecule has 0 spiro atoms. The number of aliphatic hydroxyl groups excluding tert-OH is 1. The van der Waals surface area contributed by atoms with Gasteiger partial charge < -0.3 is 10.1 Å². The van der Waals surface area contributed by atoms with Crippen LogP contribution in [-0.2, 0) is 10.8 Å². The van der Waals surface area contributed by atoms with Crippen molar-refractivity contribution in [3.8, 4) is 0 Å². The van der Waals surface area contributed by atoms with Crippen LogP contribution in [0.25, 0.3) is 11.0 Å². The standard InChI is InChI=1S/C15H22N2O/c1-14(2,3)13-16-11-7-6-10(8-12(11)17-13)15(4,5)9-18/h6-8,18H,9H2,1-5H3,(H,16,17). The summed E-state index contributed by atoms with van der Waals surface area (Å²) in [5, 5.41) is 9.43. The van der Waals surface area contributed by atoms with E-state index in [4.69, 9.17) is 0 Å². The van der Waals surface area contributed by atoms with Gasteiger partial charge in [-0.2, -0.15) is 0 Å². The Bertz CT molecular complexity index is 561. The molecule has 0 aliphatic heterocycles. The summed E-state index contributed by atoms with van der Waals surface area (Å²) in [4.78, 5) is 7.99. The smallest absolute Gasteiger partial charge is 0.112 e. The van der Waals surface area contributed by atoms with Crippen molar-refractivity contribution in [3.63, 3.8) is 0 Å². The first-order chi connectivity index (χ1) is 8.24. The van der Waals surface area contributed by atoms with E-state index < -0.39 is 0 Å². The molecular weight excluding hydrogens is 224 g/mol. The number of rotatable bonds is 2. The molecule has 2 aromatic rings. The van der Waals surface area contributed by atoms with Crippen LogP contribution in [0.1, 0.15) is 46.0 Å². The fourth-order valence-electron chi connectivity index (χ4n) is 1.88. The van der Waals surface area contributed by atoms with Crippen LogP contribution in [0.2, 0.25) is 0 Å². The monoisotopic (exact) mass is 246 g/mol. The second kappa shape index (κ2) is 4.09. The summed E-state index contributed by atoms with van der Waals surface area (Å²) in [5.74, 6) is 0.997. The first kappa shape index (κ1) is 13.1. The number of aromatic amines is 1. The van der Waals surface area contributed by atoms with Crippen LogP contribution >= 0.6 is 0 Å². The highest BCUT2D eigenvalue weighted by atomic mass is 16.3. The number of fused-ring (bicyclic) bond motifs is 1. The quantitative estimate of drug-likeness (QED) is 0.855. The van der Waals surface area contributed by atoms with Crippen molar-refractivity contribution >= 4 is 11.0 Å². The van der Waals surface area contributed by atoms with E-state index in [2.05, 4.69) is 36.8 Å². The van der Waals surface area contributed by atoms with Crippen LogP contribution in [0.15, 0.2) is 18.2 Å². The summed E-state index contributed by atoms with van der Waals surface area (Å²) in [6, 6.07) is 6.16. The van der Waals surface area contributed by atoms with Gasteiger partial charge in [-0.25, -0.2) is 4.98 Å². The van der Waals surface area contributed by atoms with Gasteiger partial charge in [-0.1, -0.05) is 40.7 Å². The molecule has 2 rings (SSSR count). The molecule has 0 atom stereocenters. The SMILES string of the molecule is CC(C)(C)c1nc2ccc(C(C)(C)CO)cc2[nH]1. The first-order valence-corrected chi connectivity index (χ1v) is 6.36. The normalized spacial score (nSPS) is 13.2. The highest BCUT2D eigenvalue weighted by molar-refractivity contribution is 5.76. The third-order valence-corrected chi connectivity index (χ3v) is 3.37. The minimum Gasteiger partial charge on any atom is -0.395 e. The fraction of sp³-hybridized carbons (Fsp3) is 0.533. The second-order valence-electron chi connectivity index (χ2n) is 6.61. The predicted molar refractivity (Wildman–Crippen MR) is 74.9 cm³/mol. The van der Waals surface area contributed by atoms with Crippen LogP contribution in [-0.4, -0.2) is 21.7 Å². The molecule has 0 saturated carbocycles. The summed E-state index contributed by atoms with van der Waals surface area (Å²) in [7, 11) is 0. The van der Waals surface area contributed by atoms with Gasteiger partial charge in [0.2, 0.25) is 0 Å². The number of nitrogens with zero attached hydrogens (tertiary/aromatic N) is 1. The van der Waals surface area contributed by atoms with Crippen molar-refractivity contribution in [1.82, 2.24) is 9.97 Å². The van der Waals surface area contributed by atoms with Crippen molar-refractivity contribution in [3.05, 3.63) is 29.6 Å². The first-order valence-electron chi connectivity index (χ1n) is 6.36. The van der Waals surface area contributed by atoms with E-state index in [1.165, 1.54) is 0 Å². The predicted octanol–water partition coefficient (Wildman–Crippen LogP) is 3.13. The van der Waals surface area contributed by atoms with E-state index >= 15 is 0 Å². The molecule has 0 aliphatic rings. The Balaban J connectivity index is 2.53. The highest BCUT2D eigenvalue weighted by Gasteiger charge is 2.22. The molecular formula is C15H22N2O. The van der Waals surface area contributed by atoms with Crippen LogP contribution in [0.3, 0.4) is 0 Å². The fourth-order valence-corrected chi connectivity index (χ4v) is 1.88. The van der Waals surface area contributed by atoms with Gasteiger partial charge >= 0.3 is 0 Å². The molecule has 1 aromatic heterocycles. The van der Waals surface area contributed by atoms with Crippen molar-refractivity contribution in [2.45, 2.75) is 45.4 Å². The minimum atomic E-state index is -0.221. The van der Waals surface area contributed by atoms with Crippen LogP contribution in [0, 0.1) is 0 Å². The molecule has 0 aliphatic carbocycles. The number of aliphatic hydroxyl groups is 1. The van der Waals surface area contributed by atoms with E-state index in [1.807, 2.05) is 26.0 Å². The van der Waals surface area contributed by atoms with Gasteiger partial charge in [0.15, 0.2) is 0 Å². The second-order valence-corrected chi connectivity index (χ2v) is 6.61. The van der Waals surface area contributed by atoms with Gasteiger partial charge in [-0.3, -0.25) is 0 Å². The van der Waals surface area contributed by atoms with Crippen molar-refractivity contribution in [1.29, 1.82) is 0 Å². The maximum Gasteiger partial charge on any atom is 0.112 e.